The zero-order valence-corrected chi connectivity index (χ0v) is 13.1. The van der Waals surface area contributed by atoms with Gasteiger partial charge >= 0.3 is 11.9 Å². The predicted molar refractivity (Wildman–Crippen MR) is 80.1 cm³/mol. The van der Waals surface area contributed by atoms with E-state index >= 15 is 0 Å². The summed E-state index contributed by atoms with van der Waals surface area (Å²) >= 11 is 0. The number of hydrogen-bond donors (Lipinski definition) is 1. The van der Waals surface area contributed by atoms with E-state index in [0.29, 0.717) is 16.8 Å². The molecule has 2 aromatic rings. The van der Waals surface area contributed by atoms with E-state index in [1.54, 1.807) is 6.92 Å². The maximum Gasteiger partial charge on any atom is 0.356 e. The van der Waals surface area contributed by atoms with Crippen molar-refractivity contribution in [3.8, 4) is 11.3 Å². The number of nitrogens with zero attached hydrogens (tertiary/aromatic N) is 1. The minimum Gasteiger partial charge on any atom is -0.464 e. The van der Waals surface area contributed by atoms with Crippen LogP contribution in [-0.2, 0) is 9.47 Å². The summed E-state index contributed by atoms with van der Waals surface area (Å²) in [5.74, 6) is -3.03. The second-order valence-electron chi connectivity index (χ2n) is 5.16. The third-order valence-electron chi connectivity index (χ3n) is 3.75. The van der Waals surface area contributed by atoms with Crippen molar-refractivity contribution in [1.29, 1.82) is 0 Å². The molecule has 2 aromatic heterocycles. The maximum absolute atomic E-state index is 12.3. The molecule has 0 atom stereocenters. The average Bonchev–Trinajstić information content (AvgIpc) is 3.02. The van der Waals surface area contributed by atoms with Crippen LogP contribution in [0.15, 0.2) is 12.1 Å². The van der Waals surface area contributed by atoms with E-state index in [9.17, 15) is 19.2 Å². The first-order chi connectivity index (χ1) is 11.4. The van der Waals surface area contributed by atoms with Crippen LogP contribution in [-0.4, -0.2) is 47.7 Å². The highest BCUT2D eigenvalue weighted by Gasteiger charge is 2.36. The summed E-state index contributed by atoms with van der Waals surface area (Å²) < 4.78 is 9.21. The molecule has 0 radical (unpaired) electrons. The smallest absolute Gasteiger partial charge is 0.356 e. The number of Topliss-reactive ketones (excluding diaryl/α,β-unsaturated/α-hetero) is 2. The quantitative estimate of drug-likeness (QED) is 0.653. The summed E-state index contributed by atoms with van der Waals surface area (Å²) in [6.45, 7) is 1.67. The van der Waals surface area contributed by atoms with Gasteiger partial charge in [0.15, 0.2) is 0 Å². The van der Waals surface area contributed by atoms with Gasteiger partial charge in [-0.2, -0.15) is 0 Å². The van der Waals surface area contributed by atoms with Crippen LogP contribution < -0.4 is 0 Å². The van der Waals surface area contributed by atoms with Crippen LogP contribution in [0.5, 0.6) is 0 Å². The second kappa shape index (κ2) is 5.41. The summed E-state index contributed by atoms with van der Waals surface area (Å²) in [5, 5.41) is 0. The van der Waals surface area contributed by atoms with Crippen LogP contribution in [0.1, 0.15) is 47.4 Å². The summed E-state index contributed by atoms with van der Waals surface area (Å²) in [4.78, 5) is 54.7. The van der Waals surface area contributed by atoms with Gasteiger partial charge in [-0.1, -0.05) is 0 Å². The minimum atomic E-state index is -0.846. The van der Waals surface area contributed by atoms with Gasteiger partial charge in [0.05, 0.1) is 25.5 Å². The van der Waals surface area contributed by atoms with Gasteiger partial charge in [-0.3, -0.25) is 9.59 Å². The molecule has 1 aliphatic rings. The van der Waals surface area contributed by atoms with E-state index in [1.807, 2.05) is 0 Å². The van der Waals surface area contributed by atoms with E-state index in [4.69, 9.17) is 0 Å². The van der Waals surface area contributed by atoms with Crippen molar-refractivity contribution in [3.05, 3.63) is 40.3 Å². The summed E-state index contributed by atoms with van der Waals surface area (Å²) in [6.07, 6.45) is 0. The fraction of sp³-hybridized carbons (Fsp3) is 0.188. The third-order valence-corrected chi connectivity index (χ3v) is 3.75. The normalized spacial score (nSPS) is 12.5. The van der Waals surface area contributed by atoms with Crippen molar-refractivity contribution in [1.82, 2.24) is 9.97 Å². The fourth-order valence-corrected chi connectivity index (χ4v) is 2.64. The molecule has 1 N–H and O–H groups in total. The number of aromatic amines is 1. The molecule has 8 heteroatoms. The number of fused-ring (bicyclic) bond motifs is 3. The van der Waals surface area contributed by atoms with Crippen molar-refractivity contribution in [2.75, 3.05) is 14.2 Å². The Kier molecular flexibility index (Phi) is 3.52. The number of carbonyl (C=O) groups excluding carboxylic acids is 4. The standard InChI is InChI=1S/C16H12N2O6/c1-6-4-8(15(21)23-2)18-12-10(6)11-7(13(19)14(12)20)5-9(17-11)16(22)24-3/h4-5,17H,1-3H3. The maximum atomic E-state index is 12.3. The van der Waals surface area contributed by atoms with Gasteiger partial charge in [0.1, 0.15) is 17.1 Å². The molecule has 3 rings (SSSR count). The first-order valence-corrected chi connectivity index (χ1v) is 6.89. The van der Waals surface area contributed by atoms with Crippen molar-refractivity contribution in [3.63, 3.8) is 0 Å². The second-order valence-corrected chi connectivity index (χ2v) is 5.16. The Morgan fingerprint density at radius 2 is 1.71 bits per heavy atom. The van der Waals surface area contributed by atoms with Gasteiger partial charge in [0.25, 0.3) is 5.78 Å². The SMILES string of the molecule is COC(=O)c1cc(C)c2c(n1)C(=O)C(=O)c1cc(C(=O)OC)[nH]c1-2. The number of aryl methyl sites for hydroxylation is 1. The van der Waals surface area contributed by atoms with Gasteiger partial charge in [0.2, 0.25) is 5.78 Å². The van der Waals surface area contributed by atoms with Gasteiger partial charge in [-0.05, 0) is 24.6 Å². The lowest BCUT2D eigenvalue weighted by molar-refractivity contribution is 0.0585. The molecule has 0 bridgehead atoms. The van der Waals surface area contributed by atoms with Crippen LogP contribution in [0, 0.1) is 6.92 Å². The molecule has 0 amide bonds. The molecule has 0 aromatic carbocycles. The highest BCUT2D eigenvalue weighted by molar-refractivity contribution is 6.52. The third kappa shape index (κ3) is 2.11. The molecule has 2 heterocycles. The topological polar surface area (TPSA) is 115 Å². The Bertz CT molecular complexity index is 925. The van der Waals surface area contributed by atoms with Gasteiger partial charge in [-0.15, -0.1) is 0 Å². The number of nitrogens with one attached hydrogen (secondary N) is 1. The molecule has 0 unspecified atom stereocenters. The zero-order chi connectivity index (χ0) is 17.6. The van der Waals surface area contributed by atoms with Gasteiger partial charge in [-0.25, -0.2) is 14.6 Å². The summed E-state index contributed by atoms with van der Waals surface area (Å²) in [6, 6.07) is 2.73. The van der Waals surface area contributed by atoms with Crippen molar-refractivity contribution >= 4 is 23.5 Å². The minimum absolute atomic E-state index is 0.0490. The number of methoxy groups -OCH3 is 2. The van der Waals surface area contributed by atoms with Crippen LogP contribution in [0.2, 0.25) is 0 Å². The number of ether oxygens (including phenoxy) is 2. The number of H-pyrrole nitrogens is 1. The zero-order valence-electron chi connectivity index (χ0n) is 13.1. The molecule has 0 spiro atoms. The van der Waals surface area contributed by atoms with Crippen molar-refractivity contribution in [2.45, 2.75) is 6.92 Å². The first kappa shape index (κ1) is 15.6. The number of carbonyl (C=O) groups is 4. The van der Waals surface area contributed by atoms with Crippen LogP contribution in [0.3, 0.4) is 0 Å². The van der Waals surface area contributed by atoms with Gasteiger partial charge < -0.3 is 14.5 Å². The molecular weight excluding hydrogens is 316 g/mol. The van der Waals surface area contributed by atoms with Crippen LogP contribution in [0.4, 0.5) is 0 Å². The fourth-order valence-electron chi connectivity index (χ4n) is 2.64. The number of rotatable bonds is 2. The Morgan fingerprint density at radius 1 is 1.04 bits per heavy atom. The molecule has 1 aliphatic carbocycles. The van der Waals surface area contributed by atoms with Crippen molar-refractivity contribution in [2.24, 2.45) is 0 Å². The number of pyridine rings is 1. The first-order valence-electron chi connectivity index (χ1n) is 6.89. The van der Waals surface area contributed by atoms with Crippen LogP contribution in [0.25, 0.3) is 11.3 Å². The summed E-state index contributed by atoms with van der Waals surface area (Å²) in [7, 11) is 2.40. The molecule has 0 fully saturated rings. The number of esters is 2. The van der Waals surface area contributed by atoms with E-state index in [1.165, 1.54) is 26.4 Å². The monoisotopic (exact) mass is 328 g/mol. The number of aromatic nitrogens is 2. The lowest BCUT2D eigenvalue weighted by atomic mass is 9.89. The Balaban J connectivity index is 2.28. The Morgan fingerprint density at radius 3 is 2.33 bits per heavy atom. The molecule has 0 saturated heterocycles. The van der Waals surface area contributed by atoms with E-state index in [-0.39, 0.29) is 22.6 Å². The Hall–Kier alpha value is -3.29. The molecule has 122 valence electrons. The highest BCUT2D eigenvalue weighted by Crippen LogP contribution is 2.35. The summed E-state index contributed by atoms with van der Waals surface area (Å²) in [5.41, 5.74) is 1.12. The number of hydrogen-bond acceptors (Lipinski definition) is 7. The van der Waals surface area contributed by atoms with Crippen molar-refractivity contribution < 1.29 is 28.7 Å². The van der Waals surface area contributed by atoms with E-state index in [0.717, 1.165) is 0 Å². The lowest BCUT2D eigenvalue weighted by Gasteiger charge is -2.16. The largest absolute Gasteiger partial charge is 0.464 e. The molecule has 24 heavy (non-hydrogen) atoms. The lowest BCUT2D eigenvalue weighted by Crippen LogP contribution is -2.24. The Labute approximate surface area is 135 Å². The molecule has 0 saturated carbocycles. The molecular formula is C16H12N2O6. The van der Waals surface area contributed by atoms with E-state index in [2.05, 4.69) is 19.4 Å². The number of ketones is 2. The average molecular weight is 328 g/mol. The predicted octanol–water partition coefficient (Wildman–Crippen LogP) is 1.34. The molecule has 0 aliphatic heterocycles. The van der Waals surface area contributed by atoms with E-state index < -0.39 is 23.5 Å². The highest BCUT2D eigenvalue weighted by atomic mass is 16.5. The van der Waals surface area contributed by atoms with Crippen LogP contribution >= 0.6 is 0 Å². The molecule has 8 nitrogen and oxygen atoms in total. The van der Waals surface area contributed by atoms with Gasteiger partial charge in [0, 0.05) is 5.56 Å².